The molecular weight excluding hydrogens is 316 g/mol. The maximum atomic E-state index is 8.72. The first kappa shape index (κ1) is 15.3. The van der Waals surface area contributed by atoms with Crippen molar-refractivity contribution in [2.45, 2.75) is 25.4 Å². The number of fused-ring (bicyclic) bond motifs is 3. The van der Waals surface area contributed by atoms with Gasteiger partial charge in [-0.25, -0.2) is 4.68 Å². The minimum Gasteiger partial charge on any atom is -0.456 e. The standard InChI is InChI=1S/C18H16N6O/c19-8-3-9-24-18(21-22-23-24)15(20)10-12-6-7-14-13-4-1-2-5-16(13)25-17(14)11-12/h1-2,4-7,11,15H,3,9-10,20H2/t15-/m0/s1. The van der Waals surface area contributed by atoms with Gasteiger partial charge in [0, 0.05) is 10.8 Å². The predicted octanol–water partition coefficient (Wildman–Crippen LogP) is 2.73. The van der Waals surface area contributed by atoms with Crippen LogP contribution in [0.5, 0.6) is 0 Å². The van der Waals surface area contributed by atoms with Gasteiger partial charge in [0.1, 0.15) is 11.2 Å². The number of hydrogen-bond donors (Lipinski definition) is 1. The molecular formula is C18H16N6O. The molecule has 7 heteroatoms. The first-order valence-corrected chi connectivity index (χ1v) is 8.05. The topological polar surface area (TPSA) is 107 Å². The van der Waals surface area contributed by atoms with Crippen molar-refractivity contribution in [3.63, 3.8) is 0 Å². The molecule has 7 nitrogen and oxygen atoms in total. The molecule has 2 aromatic heterocycles. The summed E-state index contributed by atoms with van der Waals surface area (Å²) in [5.74, 6) is 0.583. The van der Waals surface area contributed by atoms with E-state index < -0.39 is 0 Å². The summed E-state index contributed by atoms with van der Waals surface area (Å²) < 4.78 is 7.51. The summed E-state index contributed by atoms with van der Waals surface area (Å²) in [5.41, 5.74) is 9.05. The molecule has 2 N–H and O–H groups in total. The highest BCUT2D eigenvalue weighted by atomic mass is 16.3. The number of para-hydroxylation sites is 1. The lowest BCUT2D eigenvalue weighted by Gasteiger charge is -2.11. The minimum atomic E-state index is -0.351. The SMILES string of the molecule is N#CCCn1nnnc1[C@@H](N)Cc1ccc2c(c1)oc1ccccc12. The summed E-state index contributed by atoms with van der Waals surface area (Å²) in [6.07, 6.45) is 0.926. The van der Waals surface area contributed by atoms with Crippen LogP contribution in [0.2, 0.25) is 0 Å². The van der Waals surface area contributed by atoms with E-state index in [0.29, 0.717) is 25.2 Å². The first-order chi connectivity index (χ1) is 12.3. The quantitative estimate of drug-likeness (QED) is 0.602. The second kappa shape index (κ2) is 6.34. The number of rotatable bonds is 5. The van der Waals surface area contributed by atoms with Crippen LogP contribution in [0.1, 0.15) is 23.9 Å². The zero-order valence-electron chi connectivity index (χ0n) is 13.5. The molecule has 0 bridgehead atoms. The van der Waals surface area contributed by atoms with Crippen LogP contribution in [0.15, 0.2) is 46.9 Å². The number of benzene rings is 2. The summed E-state index contributed by atoms with van der Waals surface area (Å²) in [6.45, 7) is 0.440. The van der Waals surface area contributed by atoms with Crippen LogP contribution < -0.4 is 5.73 Å². The van der Waals surface area contributed by atoms with Gasteiger partial charge in [-0.2, -0.15) is 5.26 Å². The second-order valence-corrected chi connectivity index (χ2v) is 5.91. The van der Waals surface area contributed by atoms with E-state index in [1.807, 2.05) is 30.3 Å². The molecule has 4 rings (SSSR count). The van der Waals surface area contributed by atoms with Crippen LogP contribution >= 0.6 is 0 Å². The van der Waals surface area contributed by atoms with Gasteiger partial charge in [-0.1, -0.05) is 30.3 Å². The zero-order chi connectivity index (χ0) is 17.2. The van der Waals surface area contributed by atoms with Crippen molar-refractivity contribution in [3.05, 3.63) is 53.9 Å². The van der Waals surface area contributed by atoms with E-state index in [1.54, 1.807) is 4.68 Å². The minimum absolute atomic E-state index is 0.343. The van der Waals surface area contributed by atoms with E-state index in [9.17, 15) is 0 Å². The highest BCUT2D eigenvalue weighted by molar-refractivity contribution is 6.04. The van der Waals surface area contributed by atoms with Gasteiger partial charge in [0.2, 0.25) is 0 Å². The van der Waals surface area contributed by atoms with Crippen LogP contribution in [0.4, 0.5) is 0 Å². The molecule has 2 heterocycles. The number of tetrazole rings is 1. The van der Waals surface area contributed by atoms with E-state index in [2.05, 4.69) is 33.7 Å². The van der Waals surface area contributed by atoms with Crippen LogP contribution in [0.25, 0.3) is 21.9 Å². The number of hydrogen-bond acceptors (Lipinski definition) is 6. The average molecular weight is 332 g/mol. The molecule has 0 radical (unpaired) electrons. The van der Waals surface area contributed by atoms with Crippen molar-refractivity contribution < 1.29 is 4.42 Å². The molecule has 0 spiro atoms. The second-order valence-electron chi connectivity index (χ2n) is 5.91. The Balaban J connectivity index is 1.61. The molecule has 0 amide bonds. The Morgan fingerprint density at radius 1 is 1.16 bits per heavy atom. The molecule has 0 aliphatic rings. The third kappa shape index (κ3) is 2.84. The van der Waals surface area contributed by atoms with Crippen molar-refractivity contribution in [2.75, 3.05) is 0 Å². The normalized spacial score (nSPS) is 12.5. The fourth-order valence-corrected chi connectivity index (χ4v) is 3.03. The molecule has 0 saturated carbocycles. The monoisotopic (exact) mass is 332 g/mol. The molecule has 0 unspecified atom stereocenters. The number of nitriles is 1. The van der Waals surface area contributed by atoms with Crippen LogP contribution in [0, 0.1) is 11.3 Å². The lowest BCUT2D eigenvalue weighted by molar-refractivity contribution is 0.535. The van der Waals surface area contributed by atoms with Gasteiger partial charge >= 0.3 is 0 Å². The number of aryl methyl sites for hydroxylation is 1. The number of nitrogens with two attached hydrogens (primary N) is 1. The molecule has 0 aliphatic carbocycles. The lowest BCUT2D eigenvalue weighted by Crippen LogP contribution is -2.19. The molecule has 0 aliphatic heterocycles. The Bertz CT molecular complexity index is 1070. The van der Waals surface area contributed by atoms with Crippen molar-refractivity contribution in [2.24, 2.45) is 5.73 Å². The highest BCUT2D eigenvalue weighted by Crippen LogP contribution is 2.29. The van der Waals surface area contributed by atoms with Gasteiger partial charge in [-0.15, -0.1) is 5.10 Å². The van der Waals surface area contributed by atoms with Crippen LogP contribution in [-0.4, -0.2) is 20.2 Å². The maximum absolute atomic E-state index is 8.72. The molecule has 4 aromatic rings. The van der Waals surface area contributed by atoms with E-state index in [-0.39, 0.29) is 6.04 Å². The average Bonchev–Trinajstić information content (AvgIpc) is 3.23. The molecule has 2 aromatic carbocycles. The van der Waals surface area contributed by atoms with Crippen LogP contribution in [-0.2, 0) is 13.0 Å². The summed E-state index contributed by atoms with van der Waals surface area (Å²) in [5, 5.41) is 22.5. The van der Waals surface area contributed by atoms with E-state index in [0.717, 1.165) is 27.5 Å². The van der Waals surface area contributed by atoms with Crippen molar-refractivity contribution in [1.29, 1.82) is 5.26 Å². The fraction of sp³-hybridized carbons (Fsp3) is 0.222. The molecule has 25 heavy (non-hydrogen) atoms. The Hall–Kier alpha value is -3.24. The Kier molecular flexibility index (Phi) is 3.88. The summed E-state index contributed by atoms with van der Waals surface area (Å²) in [7, 11) is 0. The third-order valence-corrected chi connectivity index (χ3v) is 4.23. The van der Waals surface area contributed by atoms with Gasteiger partial charge in [0.15, 0.2) is 5.82 Å². The lowest BCUT2D eigenvalue weighted by atomic mass is 10.0. The summed E-state index contributed by atoms with van der Waals surface area (Å²) in [6, 6.07) is 15.8. The van der Waals surface area contributed by atoms with Crippen molar-refractivity contribution >= 4 is 21.9 Å². The van der Waals surface area contributed by atoms with Gasteiger partial charge < -0.3 is 10.2 Å². The predicted molar refractivity (Wildman–Crippen MR) is 92.4 cm³/mol. The summed E-state index contributed by atoms with van der Waals surface area (Å²) in [4.78, 5) is 0. The summed E-state index contributed by atoms with van der Waals surface area (Å²) >= 11 is 0. The maximum Gasteiger partial charge on any atom is 0.168 e. The number of nitrogens with zero attached hydrogens (tertiary/aromatic N) is 5. The molecule has 0 fully saturated rings. The highest BCUT2D eigenvalue weighted by Gasteiger charge is 2.16. The molecule has 1 atom stereocenters. The zero-order valence-corrected chi connectivity index (χ0v) is 13.5. The molecule has 124 valence electrons. The Labute approximate surface area is 143 Å². The van der Waals surface area contributed by atoms with Gasteiger partial charge in [-0.3, -0.25) is 0 Å². The number of aromatic nitrogens is 4. The largest absolute Gasteiger partial charge is 0.456 e. The smallest absolute Gasteiger partial charge is 0.168 e. The Morgan fingerprint density at radius 3 is 2.88 bits per heavy atom. The van der Waals surface area contributed by atoms with E-state index >= 15 is 0 Å². The van der Waals surface area contributed by atoms with Crippen molar-refractivity contribution in [3.8, 4) is 6.07 Å². The fourth-order valence-electron chi connectivity index (χ4n) is 3.03. The van der Waals surface area contributed by atoms with Crippen LogP contribution in [0.3, 0.4) is 0 Å². The third-order valence-electron chi connectivity index (χ3n) is 4.23. The van der Waals surface area contributed by atoms with Gasteiger partial charge in [-0.05, 0) is 34.5 Å². The van der Waals surface area contributed by atoms with Crippen molar-refractivity contribution in [1.82, 2.24) is 20.2 Å². The van der Waals surface area contributed by atoms with E-state index in [4.69, 9.17) is 15.4 Å². The van der Waals surface area contributed by atoms with Gasteiger partial charge in [0.05, 0.1) is 25.1 Å². The first-order valence-electron chi connectivity index (χ1n) is 8.05. The van der Waals surface area contributed by atoms with E-state index in [1.165, 1.54) is 0 Å². The Morgan fingerprint density at radius 2 is 2.00 bits per heavy atom. The molecule has 0 saturated heterocycles. The van der Waals surface area contributed by atoms with Gasteiger partial charge in [0.25, 0.3) is 0 Å². The number of furan rings is 1.